The summed E-state index contributed by atoms with van der Waals surface area (Å²) in [5.41, 5.74) is 0.367. The average Bonchev–Trinajstić information content (AvgIpc) is 2.28. The van der Waals surface area contributed by atoms with Crippen molar-refractivity contribution >= 4 is 17.6 Å². The van der Waals surface area contributed by atoms with Crippen molar-refractivity contribution in [2.45, 2.75) is 32.1 Å². The molecule has 94 valence electrons. The van der Waals surface area contributed by atoms with Gasteiger partial charge in [0.15, 0.2) is 0 Å². The fourth-order valence-corrected chi connectivity index (χ4v) is 1.71. The molecule has 17 heavy (non-hydrogen) atoms. The van der Waals surface area contributed by atoms with Crippen LogP contribution in [0.2, 0.25) is 5.02 Å². The first-order chi connectivity index (χ1) is 8.02. The normalized spacial score (nSPS) is 10.5. The van der Waals surface area contributed by atoms with Gasteiger partial charge in [-0.15, -0.1) is 0 Å². The minimum Gasteiger partial charge on any atom is -0.481 e. The zero-order valence-corrected chi connectivity index (χ0v) is 9.94. The summed E-state index contributed by atoms with van der Waals surface area (Å²) in [5.74, 6) is -2.32. The number of hydrogen-bond donors (Lipinski definition) is 1. The lowest BCUT2D eigenvalue weighted by Gasteiger charge is -2.05. The molecule has 0 saturated carbocycles. The van der Waals surface area contributed by atoms with E-state index in [1.54, 1.807) is 0 Å². The number of benzene rings is 1. The summed E-state index contributed by atoms with van der Waals surface area (Å²) >= 11 is 5.44. The number of carbonyl (C=O) groups is 1. The van der Waals surface area contributed by atoms with Crippen molar-refractivity contribution in [3.63, 3.8) is 0 Å². The Hall–Kier alpha value is -1.16. The fraction of sp³-hybridized carbons (Fsp3) is 0.417. The largest absolute Gasteiger partial charge is 0.481 e. The van der Waals surface area contributed by atoms with Gasteiger partial charge in [0.2, 0.25) is 0 Å². The molecule has 0 atom stereocenters. The molecule has 1 rings (SSSR count). The molecule has 0 aliphatic carbocycles. The monoisotopic (exact) mass is 262 g/mol. The predicted molar refractivity (Wildman–Crippen MR) is 61.2 cm³/mol. The summed E-state index contributed by atoms with van der Waals surface area (Å²) in [4.78, 5) is 10.2. The van der Waals surface area contributed by atoms with E-state index in [1.165, 1.54) is 6.07 Å². The van der Waals surface area contributed by atoms with Gasteiger partial charge in [0.1, 0.15) is 16.7 Å². The lowest BCUT2D eigenvalue weighted by Crippen LogP contribution is -1.96. The van der Waals surface area contributed by atoms with Crippen molar-refractivity contribution in [1.29, 1.82) is 0 Å². The van der Waals surface area contributed by atoms with Crippen LogP contribution in [0.3, 0.4) is 0 Å². The van der Waals surface area contributed by atoms with Gasteiger partial charge in [-0.25, -0.2) is 8.78 Å². The molecule has 0 fully saturated rings. The van der Waals surface area contributed by atoms with Crippen molar-refractivity contribution in [3.05, 3.63) is 34.4 Å². The lowest BCUT2D eigenvalue weighted by molar-refractivity contribution is -0.137. The van der Waals surface area contributed by atoms with Crippen molar-refractivity contribution in [3.8, 4) is 0 Å². The fourth-order valence-electron chi connectivity index (χ4n) is 1.53. The third-order valence-electron chi connectivity index (χ3n) is 2.45. The van der Waals surface area contributed by atoms with Gasteiger partial charge in [-0.1, -0.05) is 24.1 Å². The molecule has 0 aliphatic heterocycles. The SMILES string of the molecule is O=C(O)CCCCCc1ccc(F)c(Cl)c1F. The van der Waals surface area contributed by atoms with Crippen LogP contribution in [-0.4, -0.2) is 11.1 Å². The first kappa shape index (κ1) is 13.9. The molecular formula is C12H13ClF2O2. The van der Waals surface area contributed by atoms with E-state index in [2.05, 4.69) is 0 Å². The molecule has 0 radical (unpaired) electrons. The summed E-state index contributed by atoms with van der Waals surface area (Å²) < 4.78 is 26.3. The number of rotatable bonds is 6. The molecule has 0 aliphatic rings. The zero-order chi connectivity index (χ0) is 12.8. The van der Waals surface area contributed by atoms with E-state index >= 15 is 0 Å². The van der Waals surface area contributed by atoms with Crippen LogP contribution in [0, 0.1) is 11.6 Å². The van der Waals surface area contributed by atoms with Crippen LogP contribution in [0.25, 0.3) is 0 Å². The molecule has 0 aromatic heterocycles. The van der Waals surface area contributed by atoms with E-state index in [-0.39, 0.29) is 6.42 Å². The first-order valence-corrected chi connectivity index (χ1v) is 5.74. The molecule has 2 nitrogen and oxygen atoms in total. The van der Waals surface area contributed by atoms with Crippen molar-refractivity contribution in [2.24, 2.45) is 0 Å². The Kier molecular flexibility index (Phi) is 5.35. The summed E-state index contributed by atoms with van der Waals surface area (Å²) in [7, 11) is 0. The van der Waals surface area contributed by atoms with Crippen LogP contribution in [0.5, 0.6) is 0 Å². The smallest absolute Gasteiger partial charge is 0.303 e. The zero-order valence-electron chi connectivity index (χ0n) is 9.18. The Labute approximate surface area is 103 Å². The van der Waals surface area contributed by atoms with E-state index in [9.17, 15) is 13.6 Å². The number of halogens is 3. The van der Waals surface area contributed by atoms with Crippen molar-refractivity contribution in [2.75, 3.05) is 0 Å². The number of aryl methyl sites for hydroxylation is 1. The number of aliphatic carboxylic acids is 1. The summed E-state index contributed by atoms with van der Waals surface area (Å²) in [5, 5.41) is 7.94. The highest BCUT2D eigenvalue weighted by atomic mass is 35.5. The van der Waals surface area contributed by atoms with Crippen LogP contribution in [0.15, 0.2) is 12.1 Å². The van der Waals surface area contributed by atoms with Gasteiger partial charge in [0.05, 0.1) is 0 Å². The summed E-state index contributed by atoms with van der Waals surface area (Å²) in [6, 6.07) is 2.51. The first-order valence-electron chi connectivity index (χ1n) is 5.36. The van der Waals surface area contributed by atoms with Crippen molar-refractivity contribution < 1.29 is 18.7 Å². The van der Waals surface area contributed by atoms with Gasteiger partial charge >= 0.3 is 5.97 Å². The van der Waals surface area contributed by atoms with E-state index in [0.717, 1.165) is 6.07 Å². The molecule has 5 heteroatoms. The maximum Gasteiger partial charge on any atom is 0.303 e. The summed E-state index contributed by atoms with van der Waals surface area (Å²) in [6.45, 7) is 0. The highest BCUT2D eigenvalue weighted by molar-refractivity contribution is 6.30. The quantitative estimate of drug-likeness (QED) is 0.625. The number of unbranched alkanes of at least 4 members (excludes halogenated alkanes) is 2. The second-order valence-electron chi connectivity index (χ2n) is 3.79. The Morgan fingerprint density at radius 3 is 2.59 bits per heavy atom. The van der Waals surface area contributed by atoms with Crippen molar-refractivity contribution in [1.82, 2.24) is 0 Å². The minimum atomic E-state index is -0.832. The third kappa shape index (κ3) is 4.30. The van der Waals surface area contributed by atoms with Gasteiger partial charge in [-0.3, -0.25) is 4.79 Å². The third-order valence-corrected chi connectivity index (χ3v) is 2.80. The second-order valence-corrected chi connectivity index (χ2v) is 4.17. The Balaban J connectivity index is 2.42. The van der Waals surface area contributed by atoms with E-state index in [4.69, 9.17) is 16.7 Å². The van der Waals surface area contributed by atoms with E-state index < -0.39 is 22.6 Å². The van der Waals surface area contributed by atoms with Gasteiger partial charge in [-0.2, -0.15) is 0 Å². The van der Waals surface area contributed by atoms with Gasteiger partial charge < -0.3 is 5.11 Å². The average molecular weight is 263 g/mol. The van der Waals surface area contributed by atoms with Gasteiger partial charge in [-0.05, 0) is 30.9 Å². The van der Waals surface area contributed by atoms with Crippen LogP contribution in [0.1, 0.15) is 31.2 Å². The number of carboxylic acid groups (broad SMARTS) is 1. The summed E-state index contributed by atoms with van der Waals surface area (Å²) in [6.07, 6.45) is 2.47. The number of hydrogen-bond acceptors (Lipinski definition) is 1. The predicted octanol–water partition coefficient (Wildman–Crippen LogP) is 3.81. The Morgan fingerprint density at radius 1 is 1.24 bits per heavy atom. The molecule has 0 unspecified atom stereocenters. The molecule has 1 aromatic rings. The van der Waals surface area contributed by atoms with Gasteiger partial charge in [0.25, 0.3) is 0 Å². The van der Waals surface area contributed by atoms with E-state index in [1.807, 2.05) is 0 Å². The highest BCUT2D eigenvalue weighted by Gasteiger charge is 2.10. The Morgan fingerprint density at radius 2 is 1.94 bits per heavy atom. The van der Waals surface area contributed by atoms with Crippen LogP contribution in [-0.2, 0) is 11.2 Å². The topological polar surface area (TPSA) is 37.3 Å². The number of carboxylic acids is 1. The molecule has 1 aromatic carbocycles. The molecular weight excluding hydrogens is 250 g/mol. The molecule has 0 heterocycles. The molecule has 0 saturated heterocycles. The lowest BCUT2D eigenvalue weighted by atomic mass is 10.1. The van der Waals surface area contributed by atoms with Gasteiger partial charge in [0, 0.05) is 6.42 Å². The molecule has 0 spiro atoms. The maximum absolute atomic E-state index is 13.4. The van der Waals surface area contributed by atoms with Crippen LogP contribution < -0.4 is 0 Å². The highest BCUT2D eigenvalue weighted by Crippen LogP contribution is 2.23. The maximum atomic E-state index is 13.4. The van der Waals surface area contributed by atoms with E-state index in [0.29, 0.717) is 31.2 Å². The molecule has 0 amide bonds. The molecule has 0 bridgehead atoms. The minimum absolute atomic E-state index is 0.118. The van der Waals surface area contributed by atoms with Crippen LogP contribution in [0.4, 0.5) is 8.78 Å². The molecule has 1 N–H and O–H groups in total. The second kappa shape index (κ2) is 6.55. The Bertz CT molecular complexity index is 408. The standard InChI is InChI=1S/C12H13ClF2O2/c13-11-9(14)7-6-8(12(11)15)4-2-1-3-5-10(16)17/h6-7H,1-5H2,(H,16,17). The van der Waals surface area contributed by atoms with Crippen LogP contribution >= 0.6 is 11.6 Å².